The van der Waals surface area contributed by atoms with Crippen LogP contribution in [-0.2, 0) is 0 Å². The summed E-state index contributed by atoms with van der Waals surface area (Å²) >= 11 is 0. The van der Waals surface area contributed by atoms with E-state index in [1.54, 1.807) is 48.5 Å². The number of hydrogen-bond acceptors (Lipinski definition) is 5. The first-order valence-corrected chi connectivity index (χ1v) is 7.64. The van der Waals surface area contributed by atoms with Crippen molar-refractivity contribution in [1.82, 2.24) is 0 Å². The van der Waals surface area contributed by atoms with Gasteiger partial charge in [-0.3, -0.25) is 15.4 Å². The van der Waals surface area contributed by atoms with Crippen molar-refractivity contribution in [3.8, 4) is 22.6 Å². The number of aromatic hydroxyl groups is 1. The first-order chi connectivity index (χ1) is 12.5. The maximum absolute atomic E-state index is 11.9. The second-order valence-corrected chi connectivity index (χ2v) is 5.40. The fourth-order valence-corrected chi connectivity index (χ4v) is 2.35. The number of amides is 1. The summed E-state index contributed by atoms with van der Waals surface area (Å²) in [5.74, 6) is 0.233. The monoisotopic (exact) mass is 350 g/mol. The summed E-state index contributed by atoms with van der Waals surface area (Å²) in [7, 11) is 0. The van der Waals surface area contributed by atoms with Crippen LogP contribution in [0.15, 0.2) is 72.8 Å². The normalized spacial score (nSPS) is 10.2. The van der Waals surface area contributed by atoms with Gasteiger partial charge < -0.3 is 9.84 Å². The summed E-state index contributed by atoms with van der Waals surface area (Å²) in [5, 5.41) is 23.1. The van der Waals surface area contributed by atoms with E-state index in [1.165, 1.54) is 12.1 Å². The molecule has 130 valence electrons. The number of rotatable bonds is 4. The van der Waals surface area contributed by atoms with Crippen LogP contribution in [-0.4, -0.2) is 16.1 Å². The van der Waals surface area contributed by atoms with Gasteiger partial charge in [0, 0.05) is 11.8 Å². The molecular weight excluding hydrogens is 336 g/mol. The van der Waals surface area contributed by atoms with E-state index >= 15 is 0 Å². The van der Waals surface area contributed by atoms with Gasteiger partial charge in [-0.05, 0) is 41.5 Å². The van der Waals surface area contributed by atoms with Crippen molar-refractivity contribution in [2.75, 3.05) is 5.32 Å². The van der Waals surface area contributed by atoms with Crippen molar-refractivity contribution in [2.45, 2.75) is 0 Å². The molecule has 0 radical (unpaired) electrons. The van der Waals surface area contributed by atoms with Gasteiger partial charge in [0.2, 0.25) is 0 Å². The van der Waals surface area contributed by atoms with Gasteiger partial charge in [0.25, 0.3) is 5.69 Å². The minimum absolute atomic E-state index is 0.192. The Kier molecular flexibility index (Phi) is 4.80. The summed E-state index contributed by atoms with van der Waals surface area (Å²) in [6, 6.07) is 19.2. The van der Waals surface area contributed by atoms with Gasteiger partial charge in [0.05, 0.1) is 11.0 Å². The molecule has 0 fully saturated rings. The molecule has 3 aromatic carbocycles. The van der Waals surface area contributed by atoms with Crippen molar-refractivity contribution in [1.29, 1.82) is 0 Å². The zero-order valence-electron chi connectivity index (χ0n) is 13.5. The van der Waals surface area contributed by atoms with Crippen LogP contribution in [0.3, 0.4) is 0 Å². The lowest BCUT2D eigenvalue weighted by molar-refractivity contribution is -0.384. The van der Waals surface area contributed by atoms with Crippen molar-refractivity contribution in [3.63, 3.8) is 0 Å². The summed E-state index contributed by atoms with van der Waals surface area (Å²) in [5.41, 5.74) is 1.46. The van der Waals surface area contributed by atoms with Crippen LogP contribution in [0, 0.1) is 10.1 Å². The molecule has 0 unspecified atom stereocenters. The standard InChI is InChI=1S/C19H14N2O5/c22-17-11-14(10-16(12-17)21(24)25)13-6-8-15(9-7-13)20-19(23)26-18-4-2-1-3-5-18/h1-12,22H,(H,20,23). The number of phenolic OH excluding ortho intramolecular Hbond substituents is 1. The minimum Gasteiger partial charge on any atom is -0.508 e. The molecule has 0 aliphatic rings. The van der Waals surface area contributed by atoms with E-state index in [9.17, 15) is 20.0 Å². The molecule has 0 aromatic heterocycles. The van der Waals surface area contributed by atoms with Crippen LogP contribution in [0.1, 0.15) is 0 Å². The Hall–Kier alpha value is -3.87. The molecule has 0 spiro atoms. The molecule has 2 N–H and O–H groups in total. The lowest BCUT2D eigenvalue weighted by Gasteiger charge is -2.08. The summed E-state index contributed by atoms with van der Waals surface area (Å²) in [6.07, 6.45) is -0.628. The molecule has 26 heavy (non-hydrogen) atoms. The molecule has 0 heterocycles. The number of benzene rings is 3. The molecule has 0 aliphatic heterocycles. The fourth-order valence-electron chi connectivity index (χ4n) is 2.35. The van der Waals surface area contributed by atoms with Gasteiger partial charge in [-0.25, -0.2) is 4.79 Å². The van der Waals surface area contributed by atoms with Crippen LogP contribution in [0.5, 0.6) is 11.5 Å². The van der Waals surface area contributed by atoms with Crippen molar-refractivity contribution in [3.05, 3.63) is 82.9 Å². The number of carbonyl (C=O) groups is 1. The second kappa shape index (κ2) is 7.35. The van der Waals surface area contributed by atoms with Crippen molar-refractivity contribution in [2.24, 2.45) is 0 Å². The van der Waals surface area contributed by atoms with Gasteiger partial charge in [-0.1, -0.05) is 30.3 Å². The van der Waals surface area contributed by atoms with Crippen LogP contribution in [0.2, 0.25) is 0 Å². The number of nitrogens with zero attached hydrogens (tertiary/aromatic N) is 1. The van der Waals surface area contributed by atoms with E-state index in [0.717, 1.165) is 6.07 Å². The smallest absolute Gasteiger partial charge is 0.417 e. The Morgan fingerprint density at radius 3 is 2.31 bits per heavy atom. The highest BCUT2D eigenvalue weighted by Crippen LogP contribution is 2.29. The maximum atomic E-state index is 11.9. The summed E-state index contributed by atoms with van der Waals surface area (Å²) in [4.78, 5) is 22.2. The van der Waals surface area contributed by atoms with Crippen LogP contribution in [0.4, 0.5) is 16.2 Å². The van der Waals surface area contributed by atoms with E-state index in [0.29, 0.717) is 22.6 Å². The maximum Gasteiger partial charge on any atom is 0.417 e. The first kappa shape index (κ1) is 17.0. The number of ether oxygens (including phenoxy) is 1. The van der Waals surface area contributed by atoms with Crippen LogP contribution < -0.4 is 10.1 Å². The lowest BCUT2D eigenvalue weighted by Crippen LogP contribution is -2.16. The molecule has 3 aromatic rings. The van der Waals surface area contributed by atoms with Gasteiger partial charge in [-0.2, -0.15) is 0 Å². The number of nitro groups is 1. The Morgan fingerprint density at radius 1 is 0.962 bits per heavy atom. The van der Waals surface area contributed by atoms with E-state index in [4.69, 9.17) is 4.74 Å². The number of carbonyl (C=O) groups excluding carboxylic acids is 1. The van der Waals surface area contributed by atoms with E-state index in [-0.39, 0.29) is 11.4 Å². The SMILES string of the molecule is O=C(Nc1ccc(-c2cc(O)cc([N+](=O)[O-])c2)cc1)Oc1ccccc1. The third-order valence-electron chi connectivity index (χ3n) is 3.53. The highest BCUT2D eigenvalue weighted by molar-refractivity contribution is 5.86. The van der Waals surface area contributed by atoms with Crippen LogP contribution in [0.25, 0.3) is 11.1 Å². The van der Waals surface area contributed by atoms with Crippen molar-refractivity contribution >= 4 is 17.5 Å². The minimum atomic E-state index is -0.628. The van der Waals surface area contributed by atoms with E-state index in [2.05, 4.69) is 5.32 Å². The number of hydrogen-bond donors (Lipinski definition) is 2. The van der Waals surface area contributed by atoms with E-state index < -0.39 is 11.0 Å². The van der Waals surface area contributed by atoms with Gasteiger partial charge >= 0.3 is 6.09 Å². The highest BCUT2D eigenvalue weighted by Gasteiger charge is 2.11. The molecule has 3 rings (SSSR count). The summed E-state index contributed by atoms with van der Waals surface area (Å²) in [6.45, 7) is 0. The number of para-hydroxylation sites is 1. The predicted octanol–water partition coefficient (Wildman–Crippen LogP) is 4.58. The third-order valence-corrected chi connectivity index (χ3v) is 3.53. The molecule has 7 heteroatoms. The van der Waals surface area contributed by atoms with Gasteiger partial charge in [0.15, 0.2) is 0 Å². The van der Waals surface area contributed by atoms with Crippen molar-refractivity contribution < 1.29 is 19.6 Å². The number of nitro benzene ring substituents is 1. The Morgan fingerprint density at radius 2 is 1.65 bits per heavy atom. The lowest BCUT2D eigenvalue weighted by atomic mass is 10.0. The third kappa shape index (κ3) is 4.15. The molecular formula is C19H14N2O5. The quantitative estimate of drug-likeness (QED) is 0.530. The largest absolute Gasteiger partial charge is 0.508 e. The van der Waals surface area contributed by atoms with Crippen LogP contribution >= 0.6 is 0 Å². The topological polar surface area (TPSA) is 102 Å². The number of nitrogens with one attached hydrogen (secondary N) is 1. The number of anilines is 1. The average Bonchev–Trinajstić information content (AvgIpc) is 2.62. The zero-order valence-corrected chi connectivity index (χ0v) is 13.5. The predicted molar refractivity (Wildman–Crippen MR) is 96.3 cm³/mol. The molecule has 0 saturated heterocycles. The molecule has 0 saturated carbocycles. The molecule has 1 amide bonds. The average molecular weight is 350 g/mol. The molecule has 0 atom stereocenters. The van der Waals surface area contributed by atoms with Gasteiger partial charge in [0.1, 0.15) is 11.5 Å². The zero-order chi connectivity index (χ0) is 18.5. The molecule has 0 bridgehead atoms. The summed E-state index contributed by atoms with van der Waals surface area (Å²) < 4.78 is 5.13. The van der Waals surface area contributed by atoms with Gasteiger partial charge in [-0.15, -0.1) is 0 Å². The Labute approximate surface area is 148 Å². The molecule has 7 nitrogen and oxygen atoms in total. The van der Waals surface area contributed by atoms with E-state index in [1.807, 2.05) is 6.07 Å². The number of non-ortho nitro benzene ring substituents is 1. The fraction of sp³-hybridized carbons (Fsp3) is 0. The Balaban J connectivity index is 1.72. The Bertz CT molecular complexity index is 940. The first-order valence-electron chi connectivity index (χ1n) is 7.64. The second-order valence-electron chi connectivity index (χ2n) is 5.40. The molecule has 0 aliphatic carbocycles. The number of phenols is 1. The highest BCUT2D eigenvalue weighted by atomic mass is 16.6.